The predicted octanol–water partition coefficient (Wildman–Crippen LogP) is 3.84. The summed E-state index contributed by atoms with van der Waals surface area (Å²) in [7, 11) is 0. The highest BCUT2D eigenvalue weighted by molar-refractivity contribution is 6.31. The van der Waals surface area contributed by atoms with Crippen molar-refractivity contribution >= 4 is 40.7 Å². The van der Waals surface area contributed by atoms with Crippen molar-refractivity contribution in [1.82, 2.24) is 10.4 Å². The molecule has 38 heavy (non-hydrogen) atoms. The second-order valence-electron chi connectivity index (χ2n) is 11.2. The maximum atomic E-state index is 14.9. The molecule has 1 spiro atoms. The number of aliphatic hydroxyl groups is 2. The fourth-order valence-electron chi connectivity index (χ4n) is 5.80. The van der Waals surface area contributed by atoms with E-state index in [2.05, 4.69) is 10.6 Å². The zero-order valence-corrected chi connectivity index (χ0v) is 22.9. The predicted molar refractivity (Wildman–Crippen MR) is 142 cm³/mol. The van der Waals surface area contributed by atoms with Crippen molar-refractivity contribution in [3.8, 4) is 0 Å². The van der Waals surface area contributed by atoms with E-state index in [0.717, 1.165) is 5.06 Å². The maximum absolute atomic E-state index is 14.9. The third kappa shape index (κ3) is 5.03. The van der Waals surface area contributed by atoms with E-state index in [1.165, 1.54) is 12.1 Å². The molecule has 0 saturated carbocycles. The van der Waals surface area contributed by atoms with Crippen molar-refractivity contribution in [3.63, 3.8) is 0 Å². The number of fused-ring (bicyclic) bond motifs is 2. The Morgan fingerprint density at radius 2 is 1.97 bits per heavy atom. The summed E-state index contributed by atoms with van der Waals surface area (Å²) in [5.41, 5.74) is -0.842. The molecule has 2 aliphatic heterocycles. The van der Waals surface area contributed by atoms with E-state index in [1.54, 1.807) is 24.3 Å². The number of benzene rings is 2. The monoisotopic (exact) mass is 567 g/mol. The van der Waals surface area contributed by atoms with Gasteiger partial charge in [0.25, 0.3) is 0 Å². The molecule has 206 valence electrons. The molecule has 2 amide bonds. The first-order chi connectivity index (χ1) is 17.8. The van der Waals surface area contributed by atoms with Crippen LogP contribution in [0.2, 0.25) is 10.0 Å². The average Bonchev–Trinajstić information content (AvgIpc) is 3.24. The Bertz CT molecular complexity index is 1240. The Labute approximate surface area is 230 Å². The minimum Gasteiger partial charge on any atom is -0.394 e. The first-order valence-electron chi connectivity index (χ1n) is 12.4. The zero-order chi connectivity index (χ0) is 28.0. The number of hydrogen-bond acceptors (Lipinski definition) is 6. The first kappa shape index (κ1) is 28.7. The highest BCUT2D eigenvalue weighted by atomic mass is 35.5. The number of anilines is 1. The summed E-state index contributed by atoms with van der Waals surface area (Å²) in [4.78, 5) is 27.7. The van der Waals surface area contributed by atoms with Gasteiger partial charge in [0.05, 0.1) is 23.8 Å². The smallest absolute Gasteiger partial charge is 0.240 e. The Balaban J connectivity index is 1.94. The van der Waals surface area contributed by atoms with Crippen molar-refractivity contribution in [2.45, 2.75) is 63.1 Å². The molecule has 0 bridgehead atoms. The lowest BCUT2D eigenvalue weighted by Crippen LogP contribution is -2.50. The van der Waals surface area contributed by atoms with Crippen LogP contribution in [0.3, 0.4) is 0 Å². The van der Waals surface area contributed by atoms with Crippen molar-refractivity contribution in [1.29, 1.82) is 0 Å². The van der Waals surface area contributed by atoms with Crippen LogP contribution in [0.1, 0.15) is 50.7 Å². The second-order valence-corrected chi connectivity index (χ2v) is 12.0. The number of rotatable bonds is 7. The number of nitrogens with zero attached hydrogens (tertiary/aromatic N) is 1. The van der Waals surface area contributed by atoms with Gasteiger partial charge < -0.3 is 26.1 Å². The van der Waals surface area contributed by atoms with Gasteiger partial charge in [-0.05, 0) is 53.6 Å². The maximum Gasteiger partial charge on any atom is 0.240 e. The molecule has 1 saturated heterocycles. The lowest BCUT2D eigenvalue weighted by molar-refractivity contribution is -0.164. The van der Waals surface area contributed by atoms with E-state index in [0.29, 0.717) is 21.8 Å². The molecule has 0 radical (unpaired) electrons. The average molecular weight is 568 g/mol. The van der Waals surface area contributed by atoms with E-state index < -0.39 is 59.2 Å². The van der Waals surface area contributed by atoms with Crippen LogP contribution < -0.4 is 10.6 Å². The molecule has 5 atom stereocenters. The van der Waals surface area contributed by atoms with Crippen molar-refractivity contribution in [2.75, 3.05) is 18.5 Å². The fourth-order valence-corrected chi connectivity index (χ4v) is 6.16. The first-order valence-corrected chi connectivity index (χ1v) is 13.2. The molecular weight excluding hydrogens is 536 g/mol. The Morgan fingerprint density at radius 3 is 2.61 bits per heavy atom. The summed E-state index contributed by atoms with van der Waals surface area (Å²) in [5.74, 6) is -2.77. The van der Waals surface area contributed by atoms with Gasteiger partial charge >= 0.3 is 0 Å². The molecule has 1 fully saturated rings. The van der Waals surface area contributed by atoms with Gasteiger partial charge in [-0.2, -0.15) is 5.06 Å². The molecule has 8 nitrogen and oxygen atoms in total. The van der Waals surface area contributed by atoms with Gasteiger partial charge in [-0.1, -0.05) is 56.1 Å². The molecule has 5 unspecified atom stereocenters. The fraction of sp³-hybridized carbons (Fsp3) is 0.481. The summed E-state index contributed by atoms with van der Waals surface area (Å²) in [6.45, 7) is 5.41. The normalized spacial score (nSPS) is 25.9. The summed E-state index contributed by atoms with van der Waals surface area (Å²) in [6, 6.07) is 7.06. The van der Waals surface area contributed by atoms with Gasteiger partial charge in [-0.15, -0.1) is 0 Å². The third-order valence-corrected chi connectivity index (χ3v) is 7.86. The molecule has 11 heteroatoms. The van der Waals surface area contributed by atoms with Crippen LogP contribution in [0.25, 0.3) is 0 Å². The summed E-state index contributed by atoms with van der Waals surface area (Å²) < 4.78 is 14.9. The lowest BCUT2D eigenvalue weighted by atomic mass is 9.62. The molecule has 0 aliphatic carbocycles. The molecule has 4 rings (SSSR count). The van der Waals surface area contributed by atoms with Gasteiger partial charge in [-0.25, -0.2) is 4.39 Å². The molecule has 2 aromatic carbocycles. The summed E-state index contributed by atoms with van der Waals surface area (Å²) >= 11 is 12.4. The van der Waals surface area contributed by atoms with Gasteiger partial charge in [0.1, 0.15) is 17.3 Å². The second kappa shape index (κ2) is 10.7. The number of carbonyl (C=O) groups is 2. The minimum atomic E-state index is -1.57. The van der Waals surface area contributed by atoms with Gasteiger partial charge in [0.2, 0.25) is 11.8 Å². The number of carbonyl (C=O) groups excluding carboxylic acids is 2. The Kier molecular flexibility index (Phi) is 8.10. The lowest BCUT2D eigenvalue weighted by Gasteiger charge is -2.38. The van der Waals surface area contributed by atoms with E-state index in [9.17, 15) is 24.3 Å². The van der Waals surface area contributed by atoms with Gasteiger partial charge in [0, 0.05) is 23.2 Å². The van der Waals surface area contributed by atoms with Crippen LogP contribution in [-0.2, 0) is 15.0 Å². The number of hydrogen-bond donors (Lipinski definition) is 5. The molecule has 2 aromatic rings. The van der Waals surface area contributed by atoms with Crippen LogP contribution in [0.15, 0.2) is 36.4 Å². The number of amides is 2. The number of hydroxylamine groups is 2. The van der Waals surface area contributed by atoms with Crippen LogP contribution in [0.4, 0.5) is 10.1 Å². The van der Waals surface area contributed by atoms with Crippen molar-refractivity contribution in [3.05, 3.63) is 63.4 Å². The van der Waals surface area contributed by atoms with Gasteiger partial charge in [-0.3, -0.25) is 9.59 Å². The Morgan fingerprint density at radius 1 is 1.26 bits per heavy atom. The molecule has 2 heterocycles. The van der Waals surface area contributed by atoms with Crippen LogP contribution in [-0.4, -0.2) is 63.6 Å². The van der Waals surface area contributed by atoms with Crippen molar-refractivity contribution < 1.29 is 29.4 Å². The van der Waals surface area contributed by atoms with Gasteiger partial charge in [0.15, 0.2) is 0 Å². The highest BCUT2D eigenvalue weighted by Crippen LogP contribution is 2.59. The van der Waals surface area contributed by atoms with E-state index in [4.69, 9.17) is 28.3 Å². The standard InChI is InChI=1S/C27H32Cl2FN3O5/c1-26(2,3)12-21-27(17-10-19(30)18(29)11-20(17)32-25(27)37)22(14-5-4-6-15(28)9-14)23(33(21)38)24(36)31-8-7-16(35)13-34/h4-6,9-11,16,21-23,34-35,38H,7-8,12-13H2,1-3H3,(H,31,36)(H,32,37). The van der Waals surface area contributed by atoms with E-state index in [1.807, 2.05) is 20.8 Å². The summed E-state index contributed by atoms with van der Waals surface area (Å²) in [5, 5.41) is 37.1. The largest absolute Gasteiger partial charge is 0.394 e. The molecular formula is C27H32Cl2FN3O5. The Hall–Kier alpha value is -2.27. The third-order valence-electron chi connectivity index (χ3n) is 7.34. The number of halogens is 3. The van der Waals surface area contributed by atoms with Crippen LogP contribution in [0, 0.1) is 11.2 Å². The van der Waals surface area contributed by atoms with E-state index >= 15 is 0 Å². The number of aliphatic hydroxyl groups excluding tert-OH is 2. The number of nitrogens with one attached hydrogen (secondary N) is 2. The minimum absolute atomic E-state index is 0.0249. The molecule has 0 aromatic heterocycles. The van der Waals surface area contributed by atoms with Crippen LogP contribution in [0.5, 0.6) is 0 Å². The SMILES string of the molecule is CC(C)(C)CC1N(O)C(C(=O)NCCC(O)CO)C(c2cccc(Cl)c2)C12C(=O)Nc1cc(Cl)c(F)cc12. The zero-order valence-electron chi connectivity index (χ0n) is 21.3. The topological polar surface area (TPSA) is 122 Å². The highest BCUT2D eigenvalue weighted by Gasteiger charge is 2.69. The molecule has 2 aliphatic rings. The van der Waals surface area contributed by atoms with Crippen molar-refractivity contribution in [2.24, 2.45) is 5.41 Å². The quantitative estimate of drug-likeness (QED) is 0.346. The van der Waals surface area contributed by atoms with E-state index in [-0.39, 0.29) is 24.4 Å². The molecule has 5 N–H and O–H groups in total. The van der Waals surface area contributed by atoms with Crippen LogP contribution >= 0.6 is 23.2 Å². The summed E-state index contributed by atoms with van der Waals surface area (Å²) in [6.07, 6.45) is -0.649.